The molecule has 0 saturated heterocycles. The SMILES string of the molecule is COC(=O)C(OC(C)(C)C)c1c(C)ccc(C2CC2c2ccc3c(c2)CCCO3)c1C. The number of esters is 1. The summed E-state index contributed by atoms with van der Waals surface area (Å²) in [7, 11) is 1.42. The summed E-state index contributed by atoms with van der Waals surface area (Å²) in [5.74, 6) is 1.68. The highest BCUT2D eigenvalue weighted by atomic mass is 16.6. The van der Waals surface area contributed by atoms with E-state index in [-0.39, 0.29) is 5.97 Å². The van der Waals surface area contributed by atoms with Gasteiger partial charge in [0.25, 0.3) is 0 Å². The number of ether oxygens (including phenoxy) is 3. The average molecular weight is 423 g/mol. The summed E-state index contributed by atoms with van der Waals surface area (Å²) in [6, 6.07) is 11.0. The summed E-state index contributed by atoms with van der Waals surface area (Å²) in [5, 5.41) is 0. The maximum atomic E-state index is 12.7. The second-order valence-corrected chi connectivity index (χ2v) is 9.91. The van der Waals surface area contributed by atoms with Gasteiger partial charge in [-0.3, -0.25) is 0 Å². The van der Waals surface area contributed by atoms with Gasteiger partial charge in [0.1, 0.15) is 5.75 Å². The third-order valence-electron chi connectivity index (χ3n) is 6.47. The Bertz CT molecular complexity index is 985. The first-order chi connectivity index (χ1) is 14.7. The van der Waals surface area contributed by atoms with Crippen molar-refractivity contribution < 1.29 is 19.0 Å². The van der Waals surface area contributed by atoms with Gasteiger partial charge in [0, 0.05) is 0 Å². The minimum Gasteiger partial charge on any atom is -0.493 e. The quantitative estimate of drug-likeness (QED) is 0.560. The van der Waals surface area contributed by atoms with Crippen molar-refractivity contribution in [2.24, 2.45) is 0 Å². The Labute approximate surface area is 185 Å². The molecule has 1 aliphatic heterocycles. The van der Waals surface area contributed by atoms with Crippen molar-refractivity contribution >= 4 is 5.97 Å². The minimum atomic E-state index is -0.719. The highest BCUT2D eigenvalue weighted by molar-refractivity contribution is 5.78. The summed E-state index contributed by atoms with van der Waals surface area (Å²) in [6.45, 7) is 10.9. The lowest BCUT2D eigenvalue weighted by Gasteiger charge is -2.29. The zero-order chi connectivity index (χ0) is 22.3. The number of carbonyl (C=O) groups excluding carboxylic acids is 1. The fourth-order valence-corrected chi connectivity index (χ4v) is 4.89. The molecule has 2 aliphatic rings. The van der Waals surface area contributed by atoms with Gasteiger partial charge in [-0.25, -0.2) is 4.79 Å². The normalized spacial score (nSPS) is 21.1. The number of rotatable bonds is 5. The third kappa shape index (κ3) is 4.50. The monoisotopic (exact) mass is 422 g/mol. The Morgan fingerprint density at radius 1 is 1.13 bits per heavy atom. The van der Waals surface area contributed by atoms with Crippen LogP contribution in [0.15, 0.2) is 30.3 Å². The molecule has 0 aromatic heterocycles. The van der Waals surface area contributed by atoms with E-state index >= 15 is 0 Å². The smallest absolute Gasteiger partial charge is 0.339 e. The van der Waals surface area contributed by atoms with Crippen LogP contribution in [0.2, 0.25) is 0 Å². The van der Waals surface area contributed by atoms with E-state index in [9.17, 15) is 4.79 Å². The molecule has 0 bridgehead atoms. The van der Waals surface area contributed by atoms with Gasteiger partial charge >= 0.3 is 5.97 Å². The largest absolute Gasteiger partial charge is 0.493 e. The number of methoxy groups -OCH3 is 1. The molecule has 4 rings (SSSR count). The number of fused-ring (bicyclic) bond motifs is 1. The second kappa shape index (κ2) is 8.31. The molecular weight excluding hydrogens is 388 g/mol. The van der Waals surface area contributed by atoms with Gasteiger partial charge in [-0.2, -0.15) is 0 Å². The molecule has 31 heavy (non-hydrogen) atoms. The molecular formula is C27H34O4. The number of hydrogen-bond acceptors (Lipinski definition) is 4. The van der Waals surface area contributed by atoms with E-state index in [4.69, 9.17) is 14.2 Å². The van der Waals surface area contributed by atoms with Gasteiger partial charge in [0.05, 0.1) is 19.3 Å². The van der Waals surface area contributed by atoms with Crippen molar-refractivity contribution in [1.29, 1.82) is 0 Å². The van der Waals surface area contributed by atoms with Crippen LogP contribution in [0.4, 0.5) is 0 Å². The molecule has 0 N–H and O–H groups in total. The van der Waals surface area contributed by atoms with Crippen molar-refractivity contribution in [3.63, 3.8) is 0 Å². The zero-order valence-electron chi connectivity index (χ0n) is 19.6. The van der Waals surface area contributed by atoms with Crippen molar-refractivity contribution in [2.45, 2.75) is 77.4 Å². The van der Waals surface area contributed by atoms with E-state index in [1.165, 1.54) is 23.8 Å². The summed E-state index contributed by atoms with van der Waals surface area (Å²) in [5.41, 5.74) is 6.74. The summed E-state index contributed by atoms with van der Waals surface area (Å²) in [4.78, 5) is 12.7. The first-order valence-electron chi connectivity index (χ1n) is 11.3. The zero-order valence-corrected chi connectivity index (χ0v) is 19.6. The molecule has 2 aromatic rings. The van der Waals surface area contributed by atoms with Crippen molar-refractivity contribution in [3.05, 3.63) is 63.7 Å². The lowest BCUT2D eigenvalue weighted by Crippen LogP contribution is -2.29. The topological polar surface area (TPSA) is 44.8 Å². The number of carbonyl (C=O) groups is 1. The molecule has 2 aromatic carbocycles. The van der Waals surface area contributed by atoms with E-state index in [1.54, 1.807) is 0 Å². The molecule has 1 saturated carbocycles. The lowest BCUT2D eigenvalue weighted by atomic mass is 9.90. The van der Waals surface area contributed by atoms with Gasteiger partial charge in [0.15, 0.2) is 6.10 Å². The van der Waals surface area contributed by atoms with Crippen LogP contribution in [0.1, 0.15) is 84.9 Å². The first kappa shape index (κ1) is 21.9. The highest BCUT2D eigenvalue weighted by Gasteiger charge is 2.42. The van der Waals surface area contributed by atoms with Gasteiger partial charge in [-0.05, 0) is 105 Å². The first-order valence-corrected chi connectivity index (χ1v) is 11.3. The summed E-state index contributed by atoms with van der Waals surface area (Å²) < 4.78 is 17.1. The molecule has 3 unspecified atom stereocenters. The maximum absolute atomic E-state index is 12.7. The molecule has 0 radical (unpaired) electrons. The van der Waals surface area contributed by atoms with Crippen molar-refractivity contribution in [3.8, 4) is 5.75 Å². The Morgan fingerprint density at radius 2 is 1.90 bits per heavy atom. The van der Waals surface area contributed by atoms with Crippen LogP contribution in [0.5, 0.6) is 5.75 Å². The fourth-order valence-electron chi connectivity index (χ4n) is 4.89. The number of hydrogen-bond donors (Lipinski definition) is 0. The fraction of sp³-hybridized carbons (Fsp3) is 0.519. The highest BCUT2D eigenvalue weighted by Crippen LogP contribution is 2.56. The van der Waals surface area contributed by atoms with Gasteiger partial charge in [-0.1, -0.05) is 24.3 Å². The molecule has 4 heteroatoms. The van der Waals surface area contributed by atoms with Crippen LogP contribution >= 0.6 is 0 Å². The van der Waals surface area contributed by atoms with E-state index in [0.717, 1.165) is 48.3 Å². The van der Waals surface area contributed by atoms with E-state index in [1.807, 2.05) is 27.7 Å². The molecule has 4 nitrogen and oxygen atoms in total. The second-order valence-electron chi connectivity index (χ2n) is 9.91. The van der Waals surface area contributed by atoms with Crippen LogP contribution < -0.4 is 4.74 Å². The van der Waals surface area contributed by atoms with Crippen LogP contribution in [0.3, 0.4) is 0 Å². The Balaban J connectivity index is 1.64. The van der Waals surface area contributed by atoms with Crippen molar-refractivity contribution in [1.82, 2.24) is 0 Å². The van der Waals surface area contributed by atoms with E-state index in [2.05, 4.69) is 37.3 Å². The van der Waals surface area contributed by atoms with E-state index in [0.29, 0.717) is 11.8 Å². The Hall–Kier alpha value is -2.33. The Morgan fingerprint density at radius 3 is 2.61 bits per heavy atom. The minimum absolute atomic E-state index is 0.347. The van der Waals surface area contributed by atoms with Crippen molar-refractivity contribution in [2.75, 3.05) is 13.7 Å². The molecule has 1 heterocycles. The maximum Gasteiger partial charge on any atom is 0.339 e. The van der Waals surface area contributed by atoms with Gasteiger partial charge in [0.2, 0.25) is 0 Å². The summed E-state index contributed by atoms with van der Waals surface area (Å²) in [6.07, 6.45) is 2.60. The molecule has 0 spiro atoms. The molecule has 0 amide bonds. The van der Waals surface area contributed by atoms with Crippen LogP contribution in [-0.2, 0) is 20.7 Å². The van der Waals surface area contributed by atoms with Crippen LogP contribution in [-0.4, -0.2) is 25.3 Å². The molecule has 3 atom stereocenters. The van der Waals surface area contributed by atoms with Crippen LogP contribution in [0, 0.1) is 13.8 Å². The Kier molecular flexibility index (Phi) is 5.87. The molecule has 1 aliphatic carbocycles. The average Bonchev–Trinajstić information content (AvgIpc) is 3.52. The lowest BCUT2D eigenvalue weighted by molar-refractivity contribution is -0.164. The molecule has 1 fully saturated rings. The predicted octanol–water partition coefficient (Wildman–Crippen LogP) is 5.93. The molecule has 166 valence electrons. The van der Waals surface area contributed by atoms with Gasteiger partial charge < -0.3 is 14.2 Å². The summed E-state index contributed by atoms with van der Waals surface area (Å²) >= 11 is 0. The number of benzene rings is 2. The third-order valence-corrected chi connectivity index (χ3v) is 6.47. The van der Waals surface area contributed by atoms with Crippen LogP contribution in [0.25, 0.3) is 0 Å². The predicted molar refractivity (Wildman–Crippen MR) is 122 cm³/mol. The standard InChI is InChI=1S/C27H34O4/c1-16-9-11-20(17(2)24(16)25(26(28)29-6)31-27(3,4)5)22-15-21(22)18-10-12-23-19(14-18)8-7-13-30-23/h9-12,14,21-22,25H,7-8,13,15H2,1-6H3. The number of aryl methyl sites for hydroxylation is 2. The van der Waals surface area contributed by atoms with Gasteiger partial charge in [-0.15, -0.1) is 0 Å². The van der Waals surface area contributed by atoms with E-state index < -0.39 is 11.7 Å².